The lowest BCUT2D eigenvalue weighted by atomic mass is 10.1. The number of aromatic nitrogens is 2. The van der Waals surface area contributed by atoms with Gasteiger partial charge in [0.05, 0.1) is 16.9 Å². The van der Waals surface area contributed by atoms with Crippen molar-refractivity contribution in [2.75, 3.05) is 0 Å². The van der Waals surface area contributed by atoms with Gasteiger partial charge in [-0.1, -0.05) is 18.2 Å². The molecule has 0 atom stereocenters. The summed E-state index contributed by atoms with van der Waals surface area (Å²) in [4.78, 5) is 12.2. The minimum absolute atomic E-state index is 0.164. The maximum absolute atomic E-state index is 13.7. The van der Waals surface area contributed by atoms with Crippen LogP contribution in [0.2, 0.25) is 0 Å². The number of aryl methyl sites for hydroxylation is 1. The molecular weight excluding hydrogens is 322 g/mol. The van der Waals surface area contributed by atoms with Crippen LogP contribution in [0.1, 0.15) is 27.3 Å². The largest absolute Gasteiger partial charge is 0.289 e. The van der Waals surface area contributed by atoms with Crippen LogP contribution in [0.5, 0.6) is 0 Å². The number of allylic oxidation sites excluding steroid dienone is 1. The first-order valence-corrected chi connectivity index (χ1v) is 7.76. The summed E-state index contributed by atoms with van der Waals surface area (Å²) in [5, 5.41) is 4.49. The highest BCUT2D eigenvalue weighted by atomic mass is 19.1. The molecule has 0 aliphatic rings. The van der Waals surface area contributed by atoms with E-state index in [1.165, 1.54) is 6.08 Å². The predicted octanol–water partition coefficient (Wildman–Crippen LogP) is 4.66. The maximum atomic E-state index is 13.7. The van der Waals surface area contributed by atoms with E-state index in [0.717, 1.165) is 34.8 Å². The van der Waals surface area contributed by atoms with Gasteiger partial charge in [-0.2, -0.15) is 5.10 Å². The van der Waals surface area contributed by atoms with E-state index >= 15 is 0 Å². The van der Waals surface area contributed by atoms with Gasteiger partial charge in [-0.15, -0.1) is 0 Å². The van der Waals surface area contributed by atoms with Crippen molar-refractivity contribution < 1.29 is 13.6 Å². The first-order valence-electron chi connectivity index (χ1n) is 7.76. The number of halogens is 2. The van der Waals surface area contributed by atoms with Crippen molar-refractivity contribution in [2.45, 2.75) is 13.8 Å². The second kappa shape index (κ2) is 6.81. The highest BCUT2D eigenvalue weighted by Gasteiger charge is 2.13. The molecule has 1 aromatic heterocycles. The summed E-state index contributed by atoms with van der Waals surface area (Å²) in [6.07, 6.45) is 2.89. The van der Waals surface area contributed by atoms with Crippen LogP contribution in [0.25, 0.3) is 11.8 Å². The van der Waals surface area contributed by atoms with Crippen LogP contribution in [0.15, 0.2) is 54.6 Å². The van der Waals surface area contributed by atoms with Gasteiger partial charge in [0.15, 0.2) is 5.78 Å². The van der Waals surface area contributed by atoms with E-state index in [4.69, 9.17) is 0 Å². The monoisotopic (exact) mass is 338 g/mol. The molecule has 1 heterocycles. The topological polar surface area (TPSA) is 34.9 Å². The van der Waals surface area contributed by atoms with Crippen molar-refractivity contribution in [1.82, 2.24) is 9.78 Å². The molecule has 3 rings (SSSR count). The molecular formula is C20H16F2N2O. The summed E-state index contributed by atoms with van der Waals surface area (Å²) in [5.74, 6) is -2.11. The number of para-hydroxylation sites is 1. The minimum atomic E-state index is -0.872. The fourth-order valence-electron chi connectivity index (χ4n) is 2.65. The highest BCUT2D eigenvalue weighted by Crippen LogP contribution is 2.20. The van der Waals surface area contributed by atoms with E-state index in [-0.39, 0.29) is 5.56 Å². The molecule has 0 bridgehead atoms. The number of hydrogen-bond acceptors (Lipinski definition) is 2. The molecule has 0 radical (unpaired) electrons. The molecule has 0 amide bonds. The van der Waals surface area contributed by atoms with Gasteiger partial charge >= 0.3 is 0 Å². The van der Waals surface area contributed by atoms with Crippen molar-refractivity contribution in [3.63, 3.8) is 0 Å². The Bertz CT molecular complexity index is 959. The van der Waals surface area contributed by atoms with Crippen molar-refractivity contribution >= 4 is 11.9 Å². The summed E-state index contributed by atoms with van der Waals surface area (Å²) < 4.78 is 28.4. The summed E-state index contributed by atoms with van der Waals surface area (Å²) >= 11 is 0. The predicted molar refractivity (Wildman–Crippen MR) is 92.8 cm³/mol. The molecule has 0 spiro atoms. The lowest BCUT2D eigenvalue weighted by Crippen LogP contribution is -1.99. The molecule has 2 aromatic carbocycles. The molecule has 5 heteroatoms. The summed E-state index contributed by atoms with van der Waals surface area (Å²) in [6.45, 7) is 3.74. The molecule has 0 aliphatic heterocycles. The van der Waals surface area contributed by atoms with Crippen molar-refractivity contribution in [2.24, 2.45) is 0 Å². The Labute approximate surface area is 144 Å². The molecule has 25 heavy (non-hydrogen) atoms. The fourth-order valence-corrected chi connectivity index (χ4v) is 2.65. The fraction of sp³-hybridized carbons (Fsp3) is 0.100. The van der Waals surface area contributed by atoms with Gasteiger partial charge in [-0.25, -0.2) is 13.5 Å². The zero-order valence-corrected chi connectivity index (χ0v) is 13.8. The van der Waals surface area contributed by atoms with Gasteiger partial charge in [0, 0.05) is 17.3 Å². The Hall–Kier alpha value is -3.08. The second-order valence-corrected chi connectivity index (χ2v) is 5.65. The van der Waals surface area contributed by atoms with Crippen molar-refractivity contribution in [3.05, 3.63) is 88.8 Å². The lowest BCUT2D eigenvalue weighted by molar-refractivity contribution is 0.104. The van der Waals surface area contributed by atoms with E-state index in [0.29, 0.717) is 6.07 Å². The van der Waals surface area contributed by atoms with E-state index in [2.05, 4.69) is 5.10 Å². The quantitative estimate of drug-likeness (QED) is 0.512. The van der Waals surface area contributed by atoms with Crippen LogP contribution < -0.4 is 0 Å². The number of rotatable bonds is 4. The minimum Gasteiger partial charge on any atom is -0.289 e. The second-order valence-electron chi connectivity index (χ2n) is 5.65. The molecule has 0 aliphatic carbocycles. The van der Waals surface area contributed by atoms with E-state index in [1.807, 2.05) is 44.2 Å². The van der Waals surface area contributed by atoms with Crippen LogP contribution in [0.4, 0.5) is 8.78 Å². The molecule has 0 N–H and O–H groups in total. The van der Waals surface area contributed by atoms with Crippen molar-refractivity contribution in [1.29, 1.82) is 0 Å². The molecule has 0 fully saturated rings. The van der Waals surface area contributed by atoms with Gasteiger partial charge in [-0.3, -0.25) is 4.79 Å². The van der Waals surface area contributed by atoms with Gasteiger partial charge in [0.1, 0.15) is 11.6 Å². The highest BCUT2D eigenvalue weighted by molar-refractivity contribution is 6.07. The third kappa shape index (κ3) is 3.40. The first-order chi connectivity index (χ1) is 12.0. The average Bonchev–Trinajstić information content (AvgIpc) is 2.88. The number of nitrogens with zero attached hydrogens (tertiary/aromatic N) is 2. The Morgan fingerprint density at radius 1 is 1.08 bits per heavy atom. The smallest absolute Gasteiger partial charge is 0.188 e. The molecule has 3 nitrogen and oxygen atoms in total. The SMILES string of the molecule is Cc1nn(-c2ccccc2)c(C)c1/C=C/C(=O)c1ccc(F)cc1F. The zero-order chi connectivity index (χ0) is 18.0. The first kappa shape index (κ1) is 16.8. The number of carbonyl (C=O) groups is 1. The zero-order valence-electron chi connectivity index (χ0n) is 13.8. The van der Waals surface area contributed by atoms with Gasteiger partial charge in [-0.05, 0) is 50.3 Å². The number of benzene rings is 2. The Morgan fingerprint density at radius 2 is 1.80 bits per heavy atom. The molecule has 126 valence electrons. The van der Waals surface area contributed by atoms with E-state index < -0.39 is 17.4 Å². The average molecular weight is 338 g/mol. The van der Waals surface area contributed by atoms with Crippen LogP contribution in [-0.4, -0.2) is 15.6 Å². The molecule has 0 saturated heterocycles. The maximum Gasteiger partial charge on any atom is 0.188 e. The number of carbonyl (C=O) groups excluding carboxylic acids is 1. The Kier molecular flexibility index (Phi) is 4.57. The van der Waals surface area contributed by atoms with E-state index in [1.54, 1.807) is 10.8 Å². The van der Waals surface area contributed by atoms with Crippen molar-refractivity contribution in [3.8, 4) is 5.69 Å². The summed E-state index contributed by atoms with van der Waals surface area (Å²) in [5.41, 5.74) is 3.17. The standard InChI is InChI=1S/C20H16F2N2O/c1-13-17(14(2)24(23-13)16-6-4-3-5-7-16)10-11-20(25)18-9-8-15(21)12-19(18)22/h3-12H,1-2H3/b11-10+. The van der Waals surface area contributed by atoms with Crippen LogP contribution in [0, 0.1) is 25.5 Å². The normalized spacial score (nSPS) is 11.2. The van der Waals surface area contributed by atoms with Gasteiger partial charge in [0.2, 0.25) is 0 Å². The molecule has 3 aromatic rings. The lowest BCUT2D eigenvalue weighted by Gasteiger charge is -2.03. The third-order valence-corrected chi connectivity index (χ3v) is 3.95. The van der Waals surface area contributed by atoms with Crippen LogP contribution in [0.3, 0.4) is 0 Å². The number of hydrogen-bond donors (Lipinski definition) is 0. The molecule has 0 unspecified atom stereocenters. The van der Waals surface area contributed by atoms with E-state index in [9.17, 15) is 13.6 Å². The number of ketones is 1. The summed E-state index contributed by atoms with van der Waals surface area (Å²) in [6, 6.07) is 12.5. The molecule has 0 saturated carbocycles. The summed E-state index contributed by atoms with van der Waals surface area (Å²) in [7, 11) is 0. The Morgan fingerprint density at radius 3 is 2.48 bits per heavy atom. The van der Waals surface area contributed by atoms with Crippen LogP contribution in [-0.2, 0) is 0 Å². The Balaban J connectivity index is 1.92. The third-order valence-electron chi connectivity index (χ3n) is 3.95. The van der Waals surface area contributed by atoms with Crippen LogP contribution >= 0.6 is 0 Å². The van der Waals surface area contributed by atoms with Gasteiger partial charge in [0.25, 0.3) is 0 Å². The van der Waals surface area contributed by atoms with Gasteiger partial charge < -0.3 is 0 Å².